The molecule has 0 aromatic heterocycles. The number of likely N-dealkylation sites (N-methyl/N-ethyl adjacent to an activating group) is 1. The highest BCUT2D eigenvalue weighted by Crippen LogP contribution is 2.24. The van der Waals surface area contributed by atoms with Crippen molar-refractivity contribution in [3.8, 4) is 0 Å². The summed E-state index contributed by atoms with van der Waals surface area (Å²) >= 11 is 0. The van der Waals surface area contributed by atoms with Crippen LogP contribution in [0.5, 0.6) is 0 Å². The second-order valence-electron chi connectivity index (χ2n) is 2.84. The Balaban J connectivity index is 4.58. The molecule has 1 amide bonds. The van der Waals surface area contributed by atoms with E-state index >= 15 is 0 Å². The smallest absolute Gasteiger partial charge is 0.340 e. The van der Waals surface area contributed by atoms with Crippen LogP contribution in [0.1, 0.15) is 20.8 Å². The van der Waals surface area contributed by atoms with Crippen molar-refractivity contribution in [3.05, 3.63) is 11.6 Å². The molecule has 0 spiro atoms. The maximum atomic E-state index is 12.0. The fourth-order valence-electron chi connectivity index (χ4n) is 0.894. The topological polar surface area (TPSA) is 20.3 Å². The van der Waals surface area contributed by atoms with Gasteiger partial charge in [-0.25, -0.2) is 0 Å². The van der Waals surface area contributed by atoms with E-state index in [4.69, 9.17) is 0 Å². The average molecular weight is 209 g/mol. The van der Waals surface area contributed by atoms with Crippen LogP contribution in [0.3, 0.4) is 0 Å². The molecule has 5 heteroatoms. The number of allylic oxidation sites excluding steroid dienone is 1. The Labute approximate surface area is 81.4 Å². The van der Waals surface area contributed by atoms with Gasteiger partial charge in [-0.2, -0.15) is 13.2 Å². The summed E-state index contributed by atoms with van der Waals surface area (Å²) in [4.78, 5) is 12.5. The molecule has 0 bridgehead atoms. The molecule has 0 aliphatic heterocycles. The van der Waals surface area contributed by atoms with Crippen LogP contribution in [0, 0.1) is 0 Å². The van der Waals surface area contributed by atoms with E-state index in [0.717, 1.165) is 6.92 Å². The van der Waals surface area contributed by atoms with Gasteiger partial charge >= 0.3 is 6.18 Å². The van der Waals surface area contributed by atoms with E-state index in [-0.39, 0.29) is 0 Å². The molecule has 0 rings (SSSR count). The summed E-state index contributed by atoms with van der Waals surface area (Å²) in [7, 11) is 0. The first-order valence-corrected chi connectivity index (χ1v) is 4.37. The maximum absolute atomic E-state index is 12.0. The van der Waals surface area contributed by atoms with Crippen LogP contribution in [-0.2, 0) is 4.79 Å². The number of rotatable bonds is 3. The second kappa shape index (κ2) is 5.02. The van der Waals surface area contributed by atoms with E-state index in [0.29, 0.717) is 19.2 Å². The Kier molecular flexibility index (Phi) is 4.67. The van der Waals surface area contributed by atoms with Crippen LogP contribution < -0.4 is 0 Å². The molecular formula is C9H14F3NO. The number of carbonyl (C=O) groups is 1. The van der Waals surface area contributed by atoms with Gasteiger partial charge in [-0.05, 0) is 20.8 Å². The van der Waals surface area contributed by atoms with E-state index in [1.807, 2.05) is 0 Å². The van der Waals surface area contributed by atoms with Gasteiger partial charge in [0.2, 0.25) is 5.91 Å². The fraction of sp³-hybridized carbons (Fsp3) is 0.667. The molecule has 0 saturated carbocycles. The van der Waals surface area contributed by atoms with Crippen molar-refractivity contribution in [2.75, 3.05) is 13.1 Å². The first-order valence-electron chi connectivity index (χ1n) is 4.37. The van der Waals surface area contributed by atoms with E-state index in [1.54, 1.807) is 13.8 Å². The van der Waals surface area contributed by atoms with Gasteiger partial charge in [0.15, 0.2) is 0 Å². The molecule has 0 heterocycles. The van der Waals surface area contributed by atoms with Crippen LogP contribution in [-0.4, -0.2) is 30.1 Å². The van der Waals surface area contributed by atoms with Crippen molar-refractivity contribution in [2.45, 2.75) is 26.9 Å². The van der Waals surface area contributed by atoms with Crippen molar-refractivity contribution in [3.63, 3.8) is 0 Å². The second-order valence-corrected chi connectivity index (χ2v) is 2.84. The van der Waals surface area contributed by atoms with Crippen molar-refractivity contribution in [1.29, 1.82) is 0 Å². The Bertz CT molecular complexity index is 229. The standard InChI is InChI=1S/C9H14F3NO/c1-4-13(5-2)8(14)6-7(3)9(10,11)12/h6H,4-5H2,1-3H3/b7-6-. The first-order chi connectivity index (χ1) is 6.32. The van der Waals surface area contributed by atoms with E-state index in [2.05, 4.69) is 0 Å². The highest BCUT2D eigenvalue weighted by Gasteiger charge is 2.30. The van der Waals surface area contributed by atoms with Gasteiger partial charge in [-0.3, -0.25) is 4.79 Å². The predicted molar refractivity (Wildman–Crippen MR) is 47.7 cm³/mol. The van der Waals surface area contributed by atoms with E-state index < -0.39 is 17.7 Å². The summed E-state index contributed by atoms with van der Waals surface area (Å²) < 4.78 is 36.1. The van der Waals surface area contributed by atoms with Gasteiger partial charge < -0.3 is 4.90 Å². The molecule has 0 atom stereocenters. The molecule has 82 valence electrons. The molecule has 0 fully saturated rings. The monoisotopic (exact) mass is 209 g/mol. The highest BCUT2D eigenvalue weighted by atomic mass is 19.4. The molecule has 0 aromatic carbocycles. The molecule has 0 radical (unpaired) electrons. The quantitative estimate of drug-likeness (QED) is 0.653. The van der Waals surface area contributed by atoms with Crippen molar-refractivity contribution in [1.82, 2.24) is 4.90 Å². The molecule has 0 aliphatic rings. The van der Waals surface area contributed by atoms with E-state index in [9.17, 15) is 18.0 Å². The maximum Gasteiger partial charge on any atom is 0.412 e. The normalized spacial score (nSPS) is 12.9. The zero-order valence-corrected chi connectivity index (χ0v) is 8.48. The lowest BCUT2D eigenvalue weighted by molar-refractivity contribution is -0.126. The Morgan fingerprint density at radius 2 is 1.71 bits per heavy atom. The van der Waals surface area contributed by atoms with Crippen LogP contribution in [0.4, 0.5) is 13.2 Å². The molecule has 2 nitrogen and oxygen atoms in total. The highest BCUT2D eigenvalue weighted by molar-refractivity contribution is 5.88. The molecular weight excluding hydrogens is 195 g/mol. The molecule has 0 aromatic rings. The summed E-state index contributed by atoms with van der Waals surface area (Å²) in [5.74, 6) is -0.593. The number of hydrogen-bond acceptors (Lipinski definition) is 1. The lowest BCUT2D eigenvalue weighted by Crippen LogP contribution is -2.29. The number of nitrogens with zero attached hydrogens (tertiary/aromatic N) is 1. The Morgan fingerprint density at radius 3 is 2.00 bits per heavy atom. The summed E-state index contributed by atoms with van der Waals surface area (Å²) in [6.45, 7) is 5.16. The van der Waals surface area contributed by atoms with Crippen molar-refractivity contribution < 1.29 is 18.0 Å². The van der Waals surface area contributed by atoms with Crippen molar-refractivity contribution in [2.24, 2.45) is 0 Å². The van der Waals surface area contributed by atoms with Crippen LogP contribution >= 0.6 is 0 Å². The SMILES string of the molecule is CCN(CC)C(=O)/C=C(/C)C(F)(F)F. The lowest BCUT2D eigenvalue weighted by Gasteiger charge is -2.17. The average Bonchev–Trinajstić information content (AvgIpc) is 2.04. The van der Waals surface area contributed by atoms with E-state index in [1.165, 1.54) is 4.90 Å². The molecule has 0 N–H and O–H groups in total. The van der Waals surface area contributed by atoms with Crippen molar-refractivity contribution >= 4 is 5.91 Å². The molecule has 0 aliphatic carbocycles. The largest absolute Gasteiger partial charge is 0.412 e. The van der Waals surface area contributed by atoms with Crippen LogP contribution in [0.15, 0.2) is 11.6 Å². The minimum absolute atomic E-state index is 0.414. The third-order valence-electron chi connectivity index (χ3n) is 1.86. The Morgan fingerprint density at radius 1 is 1.29 bits per heavy atom. The zero-order chi connectivity index (χ0) is 11.4. The third-order valence-corrected chi connectivity index (χ3v) is 1.86. The van der Waals surface area contributed by atoms with Gasteiger partial charge in [-0.1, -0.05) is 0 Å². The molecule has 0 saturated heterocycles. The number of amides is 1. The van der Waals surface area contributed by atoms with Gasteiger partial charge in [0, 0.05) is 24.7 Å². The summed E-state index contributed by atoms with van der Waals surface area (Å²) in [6, 6.07) is 0. The first kappa shape index (κ1) is 13.0. The lowest BCUT2D eigenvalue weighted by atomic mass is 10.2. The van der Waals surface area contributed by atoms with Crippen LogP contribution in [0.2, 0.25) is 0 Å². The zero-order valence-electron chi connectivity index (χ0n) is 8.48. The fourth-order valence-corrected chi connectivity index (χ4v) is 0.894. The Hall–Kier alpha value is -1.00. The number of hydrogen-bond donors (Lipinski definition) is 0. The number of carbonyl (C=O) groups excluding carboxylic acids is 1. The van der Waals surface area contributed by atoms with Gasteiger partial charge in [-0.15, -0.1) is 0 Å². The molecule has 0 unspecified atom stereocenters. The van der Waals surface area contributed by atoms with Gasteiger partial charge in [0.1, 0.15) is 0 Å². The predicted octanol–water partition coefficient (Wildman–Crippen LogP) is 2.36. The summed E-state index contributed by atoms with van der Waals surface area (Å²) in [5.41, 5.74) is -0.866. The van der Waals surface area contributed by atoms with Gasteiger partial charge in [0.05, 0.1) is 0 Å². The van der Waals surface area contributed by atoms with Gasteiger partial charge in [0.25, 0.3) is 0 Å². The minimum atomic E-state index is -4.41. The third kappa shape index (κ3) is 3.81. The number of alkyl halides is 3. The molecule has 14 heavy (non-hydrogen) atoms. The summed E-state index contributed by atoms with van der Waals surface area (Å²) in [5, 5.41) is 0. The number of halogens is 3. The summed E-state index contributed by atoms with van der Waals surface area (Å²) in [6.07, 6.45) is -3.78. The van der Waals surface area contributed by atoms with Crippen LogP contribution in [0.25, 0.3) is 0 Å². The minimum Gasteiger partial charge on any atom is -0.340 e.